The lowest BCUT2D eigenvalue weighted by Crippen LogP contribution is -2.54. The van der Waals surface area contributed by atoms with E-state index in [1.807, 2.05) is 0 Å². The lowest BCUT2D eigenvalue weighted by Gasteiger charge is -2.33. The van der Waals surface area contributed by atoms with Crippen LogP contribution in [0, 0.1) is 5.92 Å². The van der Waals surface area contributed by atoms with E-state index in [0.29, 0.717) is 19.0 Å². The number of piperidine rings is 2. The minimum atomic E-state index is -3.27. The second-order valence-corrected chi connectivity index (χ2v) is 6.86. The van der Waals surface area contributed by atoms with E-state index >= 15 is 0 Å². The van der Waals surface area contributed by atoms with Crippen molar-refractivity contribution in [3.8, 4) is 0 Å². The van der Waals surface area contributed by atoms with Crippen LogP contribution in [-0.2, 0) is 10.2 Å². The Morgan fingerprint density at radius 1 is 1.22 bits per heavy atom. The highest BCUT2D eigenvalue weighted by Crippen LogP contribution is 2.16. The maximum Gasteiger partial charge on any atom is 0.279 e. The zero-order chi connectivity index (χ0) is 12.3. The van der Waals surface area contributed by atoms with E-state index in [1.165, 1.54) is 0 Å². The molecule has 2 aliphatic heterocycles. The summed E-state index contributed by atoms with van der Waals surface area (Å²) in [6, 6.07) is 0.0377. The highest BCUT2D eigenvalue weighted by atomic mass is 35.5. The molecule has 0 aromatic carbocycles. The molecule has 0 bridgehead atoms. The van der Waals surface area contributed by atoms with E-state index in [-0.39, 0.29) is 18.4 Å². The zero-order valence-electron chi connectivity index (χ0n) is 10.9. The number of halogens is 1. The monoisotopic (exact) mass is 297 g/mol. The second kappa shape index (κ2) is 7.05. The Kier molecular flexibility index (Phi) is 6.34. The highest BCUT2D eigenvalue weighted by Gasteiger charge is 2.30. The molecule has 7 heteroatoms. The molecule has 2 atom stereocenters. The van der Waals surface area contributed by atoms with Crippen LogP contribution in [0.5, 0.6) is 0 Å². The summed E-state index contributed by atoms with van der Waals surface area (Å²) in [4.78, 5) is 0. The summed E-state index contributed by atoms with van der Waals surface area (Å²) < 4.78 is 28.8. The van der Waals surface area contributed by atoms with E-state index in [9.17, 15) is 8.42 Å². The lowest BCUT2D eigenvalue weighted by molar-refractivity contribution is 0.303. The minimum Gasteiger partial charge on any atom is -0.315 e. The van der Waals surface area contributed by atoms with E-state index in [0.717, 1.165) is 38.8 Å². The van der Waals surface area contributed by atoms with Crippen LogP contribution in [0.2, 0.25) is 0 Å². The van der Waals surface area contributed by atoms with Crippen molar-refractivity contribution >= 4 is 22.6 Å². The summed E-state index contributed by atoms with van der Waals surface area (Å²) in [7, 11) is -3.27. The molecule has 18 heavy (non-hydrogen) atoms. The van der Waals surface area contributed by atoms with Gasteiger partial charge in [0.1, 0.15) is 0 Å². The van der Waals surface area contributed by atoms with E-state index in [1.54, 1.807) is 4.31 Å². The Morgan fingerprint density at radius 3 is 2.50 bits per heavy atom. The van der Waals surface area contributed by atoms with Gasteiger partial charge in [0.05, 0.1) is 0 Å². The van der Waals surface area contributed by atoms with Gasteiger partial charge in [0.25, 0.3) is 10.2 Å². The zero-order valence-corrected chi connectivity index (χ0v) is 12.5. The molecule has 0 saturated carbocycles. The normalized spacial score (nSPS) is 30.7. The fourth-order valence-corrected chi connectivity index (χ4v) is 4.10. The molecule has 2 unspecified atom stereocenters. The number of hydrogen-bond acceptors (Lipinski definition) is 3. The van der Waals surface area contributed by atoms with Gasteiger partial charge < -0.3 is 5.32 Å². The number of rotatable bonds is 3. The van der Waals surface area contributed by atoms with Crippen molar-refractivity contribution in [2.24, 2.45) is 5.92 Å². The number of hydrogen-bond donors (Lipinski definition) is 2. The molecule has 2 fully saturated rings. The summed E-state index contributed by atoms with van der Waals surface area (Å²) in [5, 5.41) is 3.25. The molecule has 2 N–H and O–H groups in total. The van der Waals surface area contributed by atoms with Gasteiger partial charge in [-0.1, -0.05) is 13.3 Å². The van der Waals surface area contributed by atoms with Crippen LogP contribution in [0.25, 0.3) is 0 Å². The first-order valence-electron chi connectivity index (χ1n) is 6.58. The van der Waals surface area contributed by atoms with E-state index < -0.39 is 10.2 Å². The molecule has 2 heterocycles. The van der Waals surface area contributed by atoms with Crippen molar-refractivity contribution < 1.29 is 8.42 Å². The summed E-state index contributed by atoms with van der Waals surface area (Å²) in [6.07, 6.45) is 4.15. The molecule has 2 aliphatic rings. The maximum atomic E-state index is 12.2. The predicted octanol–water partition coefficient (Wildman–Crippen LogP) is 0.726. The van der Waals surface area contributed by atoms with Gasteiger partial charge in [-0.05, 0) is 31.7 Å². The first-order valence-corrected chi connectivity index (χ1v) is 8.02. The molecule has 2 rings (SSSR count). The molecular weight excluding hydrogens is 274 g/mol. The quantitative estimate of drug-likeness (QED) is 0.807. The summed E-state index contributed by atoms with van der Waals surface area (Å²) >= 11 is 0. The van der Waals surface area contributed by atoms with Crippen LogP contribution in [0.4, 0.5) is 0 Å². The molecule has 108 valence electrons. The molecule has 0 radical (unpaired) electrons. The van der Waals surface area contributed by atoms with Crippen LogP contribution < -0.4 is 10.0 Å². The molecule has 0 aliphatic carbocycles. The van der Waals surface area contributed by atoms with Crippen LogP contribution in [0.15, 0.2) is 0 Å². The van der Waals surface area contributed by atoms with Gasteiger partial charge in [-0.25, -0.2) is 0 Å². The standard InChI is InChI=1S/C11H23N3O2S.ClH/c1-10-5-6-12-9-11(10)13-17(15,16)14-7-3-2-4-8-14;/h10-13H,2-9H2,1H3;1H. The smallest absolute Gasteiger partial charge is 0.279 e. The Labute approximate surface area is 116 Å². The molecular formula is C11H24ClN3O2S. The van der Waals surface area contributed by atoms with Crippen molar-refractivity contribution in [3.05, 3.63) is 0 Å². The third kappa shape index (κ3) is 4.06. The molecule has 2 saturated heterocycles. The Balaban J connectivity index is 0.00000162. The van der Waals surface area contributed by atoms with Crippen LogP contribution in [-0.4, -0.2) is 44.9 Å². The third-order valence-corrected chi connectivity index (χ3v) is 5.43. The van der Waals surface area contributed by atoms with Crippen molar-refractivity contribution in [2.45, 2.75) is 38.6 Å². The van der Waals surface area contributed by atoms with E-state index in [2.05, 4.69) is 17.0 Å². The fraction of sp³-hybridized carbons (Fsp3) is 1.00. The fourth-order valence-electron chi connectivity index (χ4n) is 2.52. The van der Waals surface area contributed by atoms with Crippen LogP contribution >= 0.6 is 12.4 Å². The Morgan fingerprint density at radius 2 is 1.89 bits per heavy atom. The molecule has 0 aromatic heterocycles. The van der Waals surface area contributed by atoms with Crippen LogP contribution in [0.1, 0.15) is 32.6 Å². The van der Waals surface area contributed by atoms with Crippen molar-refractivity contribution in [1.82, 2.24) is 14.3 Å². The molecule has 0 amide bonds. The van der Waals surface area contributed by atoms with Gasteiger partial charge in [-0.3, -0.25) is 0 Å². The van der Waals surface area contributed by atoms with E-state index in [4.69, 9.17) is 0 Å². The Bertz CT molecular complexity index is 344. The van der Waals surface area contributed by atoms with Gasteiger partial charge >= 0.3 is 0 Å². The molecule has 0 spiro atoms. The number of nitrogens with zero attached hydrogens (tertiary/aromatic N) is 1. The SMILES string of the molecule is CC1CCNCC1NS(=O)(=O)N1CCCCC1.Cl. The Hall–Kier alpha value is 0.120. The van der Waals surface area contributed by atoms with Gasteiger partial charge in [0, 0.05) is 25.7 Å². The first-order chi connectivity index (χ1) is 8.09. The molecule has 0 aromatic rings. The summed E-state index contributed by atoms with van der Waals surface area (Å²) in [5.74, 6) is 0.413. The van der Waals surface area contributed by atoms with Crippen molar-refractivity contribution in [3.63, 3.8) is 0 Å². The van der Waals surface area contributed by atoms with Gasteiger partial charge in [0.2, 0.25) is 0 Å². The van der Waals surface area contributed by atoms with Crippen molar-refractivity contribution in [1.29, 1.82) is 0 Å². The van der Waals surface area contributed by atoms with Gasteiger partial charge in [-0.2, -0.15) is 17.4 Å². The van der Waals surface area contributed by atoms with Gasteiger partial charge in [-0.15, -0.1) is 12.4 Å². The maximum absolute atomic E-state index is 12.2. The largest absolute Gasteiger partial charge is 0.315 e. The number of nitrogens with one attached hydrogen (secondary N) is 2. The topological polar surface area (TPSA) is 61.4 Å². The third-order valence-electron chi connectivity index (χ3n) is 3.78. The van der Waals surface area contributed by atoms with Gasteiger partial charge in [0.15, 0.2) is 0 Å². The summed E-state index contributed by atoms with van der Waals surface area (Å²) in [6.45, 7) is 5.19. The molecule has 5 nitrogen and oxygen atoms in total. The van der Waals surface area contributed by atoms with Crippen molar-refractivity contribution in [2.75, 3.05) is 26.2 Å². The average molecular weight is 298 g/mol. The first kappa shape index (κ1) is 16.2. The van der Waals surface area contributed by atoms with Crippen LogP contribution in [0.3, 0.4) is 0 Å². The second-order valence-electron chi connectivity index (χ2n) is 5.16. The summed E-state index contributed by atoms with van der Waals surface area (Å²) in [5.41, 5.74) is 0. The lowest BCUT2D eigenvalue weighted by atomic mass is 9.96. The predicted molar refractivity (Wildman–Crippen MR) is 75.2 cm³/mol. The average Bonchev–Trinajstić information content (AvgIpc) is 2.33. The minimum absolute atomic E-state index is 0. The highest BCUT2D eigenvalue weighted by molar-refractivity contribution is 7.87.